The topological polar surface area (TPSA) is 61.8 Å². The van der Waals surface area contributed by atoms with Crippen LogP contribution in [0.4, 0.5) is 0 Å². The zero-order valence-corrected chi connectivity index (χ0v) is 10.8. The summed E-state index contributed by atoms with van der Waals surface area (Å²) in [6.07, 6.45) is 1.05. The average Bonchev–Trinajstić information content (AvgIpc) is 2.30. The van der Waals surface area contributed by atoms with Crippen LogP contribution in [0.3, 0.4) is 0 Å². The Hall–Kier alpha value is -0.650. The number of carbonyl (C=O) groups is 1. The first-order valence-corrected chi connectivity index (χ1v) is 6.37. The largest absolute Gasteiger partial charge is 0.396 e. The van der Waals surface area contributed by atoms with Gasteiger partial charge in [0.1, 0.15) is 0 Å². The number of nitrogens with one attached hydrogen (secondary N) is 1. The van der Waals surface area contributed by atoms with Gasteiger partial charge in [0, 0.05) is 32.3 Å². The summed E-state index contributed by atoms with van der Waals surface area (Å²) in [6, 6.07) is 0.172. The van der Waals surface area contributed by atoms with E-state index in [0.717, 1.165) is 13.1 Å². The van der Waals surface area contributed by atoms with Crippen molar-refractivity contribution in [3.63, 3.8) is 0 Å². The molecule has 17 heavy (non-hydrogen) atoms. The average molecular weight is 244 g/mol. The van der Waals surface area contributed by atoms with E-state index in [1.807, 2.05) is 18.7 Å². The Morgan fingerprint density at radius 2 is 2.35 bits per heavy atom. The van der Waals surface area contributed by atoms with E-state index in [2.05, 4.69) is 5.32 Å². The predicted octanol–water partition coefficient (Wildman–Crippen LogP) is -0.0157. The number of ether oxygens (including phenoxy) is 1. The van der Waals surface area contributed by atoms with Crippen LogP contribution in [0.15, 0.2) is 0 Å². The monoisotopic (exact) mass is 244 g/mol. The molecule has 1 aliphatic heterocycles. The predicted molar refractivity (Wildman–Crippen MR) is 65.8 cm³/mol. The highest BCUT2D eigenvalue weighted by molar-refractivity contribution is 5.77. The van der Waals surface area contributed by atoms with E-state index in [-0.39, 0.29) is 24.7 Å². The molecule has 0 bridgehead atoms. The van der Waals surface area contributed by atoms with Crippen LogP contribution in [0.1, 0.15) is 26.7 Å². The van der Waals surface area contributed by atoms with Crippen molar-refractivity contribution in [3.8, 4) is 0 Å². The first-order chi connectivity index (χ1) is 8.15. The molecule has 0 aromatic rings. The third kappa shape index (κ3) is 5.02. The van der Waals surface area contributed by atoms with Crippen molar-refractivity contribution in [2.75, 3.05) is 32.8 Å². The van der Waals surface area contributed by atoms with Crippen LogP contribution in [0.25, 0.3) is 0 Å². The summed E-state index contributed by atoms with van der Waals surface area (Å²) in [7, 11) is 0. The van der Waals surface area contributed by atoms with Crippen molar-refractivity contribution in [1.82, 2.24) is 10.2 Å². The van der Waals surface area contributed by atoms with Gasteiger partial charge in [-0.2, -0.15) is 0 Å². The first kappa shape index (κ1) is 14.4. The summed E-state index contributed by atoms with van der Waals surface area (Å²) in [5.74, 6) is 0.113. The van der Waals surface area contributed by atoms with Crippen molar-refractivity contribution in [2.45, 2.75) is 38.8 Å². The zero-order valence-electron chi connectivity index (χ0n) is 10.8. The molecule has 0 radical (unpaired) electrons. The SMILES string of the molecule is CC(C)N(CCCO)C(=O)CC1CNCCO1. The molecule has 5 nitrogen and oxygen atoms in total. The van der Waals surface area contributed by atoms with Gasteiger partial charge in [-0.3, -0.25) is 4.79 Å². The smallest absolute Gasteiger partial charge is 0.225 e. The summed E-state index contributed by atoms with van der Waals surface area (Å²) in [5.41, 5.74) is 0. The standard InChI is InChI=1S/C12H24N2O3/c1-10(2)14(5-3-6-15)12(16)8-11-9-13-4-7-17-11/h10-11,13,15H,3-9H2,1-2H3. The summed E-state index contributed by atoms with van der Waals surface area (Å²) < 4.78 is 5.52. The maximum atomic E-state index is 12.1. The molecule has 0 aromatic heterocycles. The molecular formula is C12H24N2O3. The van der Waals surface area contributed by atoms with E-state index in [4.69, 9.17) is 9.84 Å². The fourth-order valence-corrected chi connectivity index (χ4v) is 1.97. The Morgan fingerprint density at radius 1 is 1.59 bits per heavy atom. The van der Waals surface area contributed by atoms with Gasteiger partial charge in [-0.05, 0) is 20.3 Å². The number of amides is 1. The van der Waals surface area contributed by atoms with Gasteiger partial charge in [0.15, 0.2) is 0 Å². The lowest BCUT2D eigenvalue weighted by Gasteiger charge is -2.30. The molecule has 2 N–H and O–H groups in total. The van der Waals surface area contributed by atoms with E-state index < -0.39 is 0 Å². The van der Waals surface area contributed by atoms with Crippen molar-refractivity contribution >= 4 is 5.91 Å². The number of nitrogens with zero attached hydrogens (tertiary/aromatic N) is 1. The summed E-state index contributed by atoms with van der Waals surface area (Å²) in [5, 5.41) is 12.0. The lowest BCUT2D eigenvalue weighted by atomic mass is 10.1. The highest BCUT2D eigenvalue weighted by Crippen LogP contribution is 2.08. The third-order valence-corrected chi connectivity index (χ3v) is 2.91. The molecule has 1 amide bonds. The quantitative estimate of drug-likeness (QED) is 0.689. The second-order valence-corrected chi connectivity index (χ2v) is 4.66. The Bertz CT molecular complexity index is 228. The molecule has 1 rings (SSSR count). The Labute approximate surface area is 103 Å². The molecule has 5 heteroatoms. The van der Waals surface area contributed by atoms with Gasteiger partial charge in [-0.25, -0.2) is 0 Å². The van der Waals surface area contributed by atoms with E-state index >= 15 is 0 Å². The molecule has 1 saturated heterocycles. The second kappa shape index (κ2) is 7.63. The van der Waals surface area contributed by atoms with Gasteiger partial charge in [0.05, 0.1) is 19.1 Å². The van der Waals surface area contributed by atoms with E-state index in [1.165, 1.54) is 0 Å². The lowest BCUT2D eigenvalue weighted by Crippen LogP contribution is -2.44. The summed E-state index contributed by atoms with van der Waals surface area (Å²) >= 11 is 0. The number of hydrogen-bond acceptors (Lipinski definition) is 4. The minimum atomic E-state index is -0.00775. The van der Waals surface area contributed by atoms with Crippen LogP contribution in [0.2, 0.25) is 0 Å². The molecule has 1 heterocycles. The minimum absolute atomic E-state index is 0.00775. The summed E-state index contributed by atoms with van der Waals surface area (Å²) in [4.78, 5) is 13.9. The zero-order chi connectivity index (χ0) is 12.7. The van der Waals surface area contributed by atoms with Gasteiger partial charge < -0.3 is 20.1 Å². The third-order valence-electron chi connectivity index (χ3n) is 2.91. The number of rotatable bonds is 6. The normalized spacial score (nSPS) is 20.6. The Kier molecular flexibility index (Phi) is 6.47. The maximum Gasteiger partial charge on any atom is 0.225 e. The fourth-order valence-electron chi connectivity index (χ4n) is 1.97. The van der Waals surface area contributed by atoms with Crippen LogP contribution in [0.5, 0.6) is 0 Å². The van der Waals surface area contributed by atoms with Gasteiger partial charge in [-0.15, -0.1) is 0 Å². The molecule has 1 atom stereocenters. The van der Waals surface area contributed by atoms with Gasteiger partial charge in [-0.1, -0.05) is 0 Å². The molecule has 0 saturated carbocycles. The Balaban J connectivity index is 2.40. The number of aliphatic hydroxyl groups excluding tert-OH is 1. The van der Waals surface area contributed by atoms with E-state index in [0.29, 0.717) is 26.0 Å². The van der Waals surface area contributed by atoms with Crippen LogP contribution in [0, 0.1) is 0 Å². The number of morpholine rings is 1. The van der Waals surface area contributed by atoms with E-state index in [1.54, 1.807) is 0 Å². The number of hydrogen-bond donors (Lipinski definition) is 2. The highest BCUT2D eigenvalue weighted by Gasteiger charge is 2.22. The molecular weight excluding hydrogens is 220 g/mol. The molecule has 1 aliphatic rings. The van der Waals surface area contributed by atoms with Crippen LogP contribution >= 0.6 is 0 Å². The van der Waals surface area contributed by atoms with Crippen LogP contribution in [-0.2, 0) is 9.53 Å². The Morgan fingerprint density at radius 3 is 2.88 bits per heavy atom. The first-order valence-electron chi connectivity index (χ1n) is 6.37. The molecule has 1 unspecified atom stereocenters. The van der Waals surface area contributed by atoms with Gasteiger partial charge in [0.2, 0.25) is 5.91 Å². The van der Waals surface area contributed by atoms with Gasteiger partial charge in [0.25, 0.3) is 0 Å². The van der Waals surface area contributed by atoms with E-state index in [9.17, 15) is 4.79 Å². The van der Waals surface area contributed by atoms with Crippen LogP contribution in [-0.4, -0.2) is 60.9 Å². The second-order valence-electron chi connectivity index (χ2n) is 4.66. The van der Waals surface area contributed by atoms with Crippen molar-refractivity contribution in [2.24, 2.45) is 0 Å². The molecule has 100 valence electrons. The minimum Gasteiger partial charge on any atom is -0.396 e. The van der Waals surface area contributed by atoms with Crippen molar-refractivity contribution in [1.29, 1.82) is 0 Å². The molecule has 1 fully saturated rings. The van der Waals surface area contributed by atoms with Crippen LogP contribution < -0.4 is 5.32 Å². The lowest BCUT2D eigenvalue weighted by molar-refractivity contribution is -0.136. The van der Waals surface area contributed by atoms with Gasteiger partial charge >= 0.3 is 0 Å². The molecule has 0 aromatic carbocycles. The van der Waals surface area contributed by atoms with Crippen molar-refractivity contribution in [3.05, 3.63) is 0 Å². The number of aliphatic hydroxyl groups is 1. The number of carbonyl (C=O) groups excluding carboxylic acids is 1. The summed E-state index contributed by atoms with van der Waals surface area (Å²) in [6.45, 7) is 7.02. The molecule has 0 aliphatic carbocycles. The maximum absolute atomic E-state index is 12.1. The molecule has 0 spiro atoms. The van der Waals surface area contributed by atoms with Crippen molar-refractivity contribution < 1.29 is 14.6 Å². The fraction of sp³-hybridized carbons (Fsp3) is 0.917. The highest BCUT2D eigenvalue weighted by atomic mass is 16.5.